The predicted octanol–water partition coefficient (Wildman–Crippen LogP) is 4.89. The highest BCUT2D eigenvalue weighted by molar-refractivity contribution is 5.42. The fourth-order valence-electron chi connectivity index (χ4n) is 5.10. The summed E-state index contributed by atoms with van der Waals surface area (Å²) in [6.45, 7) is 1.95. The topological polar surface area (TPSA) is 143 Å². The molecule has 4 unspecified atom stereocenters. The number of unbranched alkanes of at least 4 members (excludes halogenated alkanes) is 4. The molecular weight excluding hydrogens is 506 g/mol. The van der Waals surface area contributed by atoms with Crippen LogP contribution in [0.5, 0.6) is 11.5 Å². The lowest BCUT2D eigenvalue weighted by atomic mass is 9.89. The van der Waals surface area contributed by atoms with E-state index in [1.807, 2.05) is 24.3 Å². The zero-order valence-corrected chi connectivity index (χ0v) is 23.7. The van der Waals surface area contributed by atoms with E-state index in [9.17, 15) is 20.4 Å². The molecule has 0 saturated carbocycles. The summed E-state index contributed by atoms with van der Waals surface area (Å²) < 4.78 is 6.11. The number of nitrogens with two attached hydrogens (primary N) is 1. The molecule has 8 nitrogen and oxygen atoms in total. The number of nitrogen functional groups attached to an aromatic ring is 1. The van der Waals surface area contributed by atoms with E-state index in [-0.39, 0.29) is 24.0 Å². The van der Waals surface area contributed by atoms with Crippen molar-refractivity contribution < 1.29 is 25.2 Å². The zero-order chi connectivity index (χ0) is 28.7. The summed E-state index contributed by atoms with van der Waals surface area (Å²) in [7, 11) is 0. The Bertz CT molecular complexity index is 1110. The van der Waals surface area contributed by atoms with Gasteiger partial charge in [-0.2, -0.15) is 11.9 Å². The van der Waals surface area contributed by atoms with Gasteiger partial charge in [0, 0.05) is 6.20 Å². The molecule has 0 aliphatic rings. The first-order valence-corrected chi connectivity index (χ1v) is 14.6. The third kappa shape index (κ3) is 10.8. The van der Waals surface area contributed by atoms with Gasteiger partial charge in [-0.1, -0.05) is 57.2 Å². The van der Waals surface area contributed by atoms with E-state index in [0.29, 0.717) is 37.9 Å². The van der Waals surface area contributed by atoms with E-state index in [2.05, 4.69) is 16.9 Å². The number of phenolic OH excluding ortho intramolecular Hbond substituents is 1. The molecule has 0 saturated heterocycles. The second-order valence-corrected chi connectivity index (χ2v) is 10.8. The SMILES string of the molecule is CCCCCCCC(O)CC(O)CCc1ccc(O)c(OC(CO)CC(Cc2ccc[n-]2)c2ccnc(N)c2)c1. The standard InChI is InChI=1S/C32H46N3O5/c1-2-3-4-5-6-9-27(37)21-28(38)12-10-23-11-13-30(39)31(17-23)40-29(22-36)19-25(18-26-8-7-15-34-26)24-14-16-35-32(33)20-24/h7-8,11,13-17,20,25,27-29,36-39H,2-6,9-10,12,18-19,21-22H2,1H3,(H2,33,35)/q-1. The minimum Gasteiger partial charge on any atom is -0.668 e. The number of aromatic hydroxyl groups is 1. The van der Waals surface area contributed by atoms with Crippen LogP contribution in [0, 0.1) is 0 Å². The van der Waals surface area contributed by atoms with Crippen LogP contribution in [0.3, 0.4) is 0 Å². The quantitative estimate of drug-likeness (QED) is 0.132. The maximum absolute atomic E-state index is 10.5. The van der Waals surface area contributed by atoms with E-state index in [4.69, 9.17) is 10.5 Å². The second kappa shape index (κ2) is 16.9. The van der Waals surface area contributed by atoms with E-state index in [1.165, 1.54) is 19.3 Å². The van der Waals surface area contributed by atoms with Gasteiger partial charge in [0.25, 0.3) is 0 Å². The number of hydrogen-bond acceptors (Lipinski definition) is 7. The van der Waals surface area contributed by atoms with Crippen molar-refractivity contribution in [1.29, 1.82) is 0 Å². The molecule has 3 aromatic rings. The molecule has 0 aliphatic carbocycles. The number of phenols is 1. The number of aliphatic hydroxyl groups is 3. The first kappa shape index (κ1) is 31.5. The molecule has 4 atom stereocenters. The van der Waals surface area contributed by atoms with Crippen LogP contribution in [0.2, 0.25) is 0 Å². The van der Waals surface area contributed by atoms with Gasteiger partial charge in [0.1, 0.15) is 11.9 Å². The van der Waals surface area contributed by atoms with Gasteiger partial charge in [-0.3, -0.25) is 0 Å². The maximum Gasteiger partial charge on any atom is 0.161 e. The molecule has 0 spiro atoms. The van der Waals surface area contributed by atoms with Gasteiger partial charge in [-0.15, -0.1) is 0 Å². The number of nitrogens with zero attached hydrogens (tertiary/aromatic N) is 2. The van der Waals surface area contributed by atoms with Crippen molar-refractivity contribution in [2.45, 2.75) is 102 Å². The van der Waals surface area contributed by atoms with Gasteiger partial charge in [0.05, 0.1) is 18.8 Å². The average molecular weight is 553 g/mol. The van der Waals surface area contributed by atoms with Crippen molar-refractivity contribution in [3.05, 3.63) is 71.7 Å². The summed E-state index contributed by atoms with van der Waals surface area (Å²) >= 11 is 0. The number of rotatable bonds is 19. The number of hydrogen-bond donors (Lipinski definition) is 5. The third-order valence-electron chi connectivity index (χ3n) is 7.37. The molecular formula is C32H46N3O5-. The first-order valence-electron chi connectivity index (χ1n) is 14.6. The highest BCUT2D eigenvalue weighted by Crippen LogP contribution is 2.32. The first-order chi connectivity index (χ1) is 19.4. The Morgan fingerprint density at radius 2 is 1.77 bits per heavy atom. The maximum atomic E-state index is 10.5. The van der Waals surface area contributed by atoms with Crippen molar-refractivity contribution >= 4 is 5.82 Å². The van der Waals surface area contributed by atoms with Crippen LogP contribution in [-0.2, 0) is 12.8 Å². The second-order valence-electron chi connectivity index (χ2n) is 10.8. The van der Waals surface area contributed by atoms with Crippen molar-refractivity contribution in [1.82, 2.24) is 9.97 Å². The normalized spacial score (nSPS) is 14.5. The fourth-order valence-corrected chi connectivity index (χ4v) is 5.10. The summed E-state index contributed by atoms with van der Waals surface area (Å²) in [5.74, 6) is 0.670. The largest absolute Gasteiger partial charge is 0.668 e. The molecule has 0 bridgehead atoms. The van der Waals surface area contributed by atoms with Gasteiger partial charge in [-0.25, -0.2) is 4.98 Å². The Balaban J connectivity index is 1.57. The van der Waals surface area contributed by atoms with E-state index >= 15 is 0 Å². The Morgan fingerprint density at radius 1 is 0.975 bits per heavy atom. The monoisotopic (exact) mass is 552 g/mol. The van der Waals surface area contributed by atoms with Crippen molar-refractivity contribution in [2.75, 3.05) is 12.3 Å². The highest BCUT2D eigenvalue weighted by Gasteiger charge is 2.21. The summed E-state index contributed by atoms with van der Waals surface area (Å²) in [6.07, 6.45) is 10.7. The van der Waals surface area contributed by atoms with E-state index in [1.54, 1.807) is 30.6 Å². The average Bonchev–Trinajstić information content (AvgIpc) is 3.45. The Labute approximate surface area is 238 Å². The number of aliphatic hydroxyl groups excluding tert-OH is 3. The van der Waals surface area contributed by atoms with Crippen molar-refractivity contribution in [3.63, 3.8) is 0 Å². The summed E-state index contributed by atoms with van der Waals surface area (Å²) in [6, 6.07) is 12.7. The number of ether oxygens (including phenoxy) is 1. The molecule has 0 radical (unpaired) electrons. The van der Waals surface area contributed by atoms with Crippen LogP contribution in [0.15, 0.2) is 54.9 Å². The van der Waals surface area contributed by atoms with Gasteiger partial charge in [0.2, 0.25) is 0 Å². The molecule has 8 heteroatoms. The van der Waals surface area contributed by atoms with Crippen LogP contribution in [0.4, 0.5) is 5.82 Å². The smallest absolute Gasteiger partial charge is 0.161 e. The van der Waals surface area contributed by atoms with Crippen molar-refractivity contribution in [3.8, 4) is 11.5 Å². The lowest BCUT2D eigenvalue weighted by Crippen LogP contribution is -2.25. The Hall–Kier alpha value is -3.07. The van der Waals surface area contributed by atoms with Gasteiger partial charge in [0.15, 0.2) is 11.5 Å². The molecule has 3 rings (SSSR count). The Kier molecular flexibility index (Phi) is 13.3. The molecule has 0 amide bonds. The Morgan fingerprint density at radius 3 is 2.50 bits per heavy atom. The number of pyridine rings is 1. The molecule has 220 valence electrons. The predicted molar refractivity (Wildman–Crippen MR) is 157 cm³/mol. The molecule has 6 N–H and O–H groups in total. The van der Waals surface area contributed by atoms with E-state index < -0.39 is 18.3 Å². The van der Waals surface area contributed by atoms with Crippen LogP contribution in [0.25, 0.3) is 0 Å². The molecule has 0 aliphatic heterocycles. The third-order valence-corrected chi connectivity index (χ3v) is 7.37. The van der Waals surface area contributed by atoms with Crippen LogP contribution < -0.4 is 15.5 Å². The summed E-state index contributed by atoms with van der Waals surface area (Å²) in [5.41, 5.74) is 8.75. The molecule has 2 heterocycles. The molecule has 40 heavy (non-hydrogen) atoms. The molecule has 1 aromatic carbocycles. The van der Waals surface area contributed by atoms with Crippen LogP contribution >= 0.6 is 0 Å². The number of aryl methyl sites for hydroxylation is 1. The van der Waals surface area contributed by atoms with Gasteiger partial charge >= 0.3 is 0 Å². The lowest BCUT2D eigenvalue weighted by Gasteiger charge is -2.26. The van der Waals surface area contributed by atoms with Gasteiger partial charge < -0.3 is 35.9 Å². The fraction of sp³-hybridized carbons (Fsp3) is 0.531. The molecule has 0 fully saturated rings. The van der Waals surface area contributed by atoms with Gasteiger partial charge in [-0.05, 0) is 79.8 Å². The highest BCUT2D eigenvalue weighted by atomic mass is 16.5. The number of anilines is 1. The lowest BCUT2D eigenvalue weighted by molar-refractivity contribution is 0.0696. The zero-order valence-electron chi connectivity index (χ0n) is 23.7. The molecule has 2 aromatic heterocycles. The van der Waals surface area contributed by atoms with Crippen LogP contribution in [0.1, 0.15) is 87.4 Å². The minimum absolute atomic E-state index is 0.0105. The summed E-state index contributed by atoms with van der Waals surface area (Å²) in [5, 5.41) is 41.4. The minimum atomic E-state index is -0.604. The number of aromatic nitrogens is 2. The van der Waals surface area contributed by atoms with Crippen LogP contribution in [-0.4, -0.2) is 50.3 Å². The van der Waals surface area contributed by atoms with E-state index in [0.717, 1.165) is 36.1 Å². The number of benzene rings is 1. The van der Waals surface area contributed by atoms with Crippen molar-refractivity contribution in [2.24, 2.45) is 0 Å². The summed E-state index contributed by atoms with van der Waals surface area (Å²) in [4.78, 5) is 8.49.